The van der Waals surface area contributed by atoms with E-state index >= 15 is 4.39 Å². The van der Waals surface area contributed by atoms with Gasteiger partial charge in [-0.05, 0) is 67.4 Å². The van der Waals surface area contributed by atoms with Crippen LogP contribution >= 0.6 is 0 Å². The number of benzene rings is 3. The van der Waals surface area contributed by atoms with Crippen LogP contribution in [0.2, 0.25) is 25.7 Å². The van der Waals surface area contributed by atoms with Crippen molar-refractivity contribution in [2.45, 2.75) is 58.7 Å². The molecule has 0 spiro atoms. The zero-order valence-electron chi connectivity index (χ0n) is 29.6. The number of hydrogen-bond acceptors (Lipinski definition) is 7. The van der Waals surface area contributed by atoms with Gasteiger partial charge >= 0.3 is 5.69 Å². The Morgan fingerprint density at radius 3 is 2.33 bits per heavy atom. The van der Waals surface area contributed by atoms with Crippen LogP contribution in [0.25, 0.3) is 27.8 Å². The van der Waals surface area contributed by atoms with E-state index in [2.05, 4.69) is 29.6 Å². The SMILES string of the molecule is CC(C)n1cc(C(=O)Cc2ccc(Oc3ncnc4c3c(-c3ccccc3)cn4COCC[Si](C)(C)C)c(F)c2)c(=O)n(-c2ccc(F)cc2)c1=O. The first-order valence-corrected chi connectivity index (χ1v) is 20.6. The molecular weight excluding hydrogens is 685 g/mol. The van der Waals surface area contributed by atoms with Crippen LogP contribution in [0.3, 0.4) is 0 Å². The molecule has 6 aromatic rings. The van der Waals surface area contributed by atoms with Crippen molar-refractivity contribution in [3.05, 3.63) is 135 Å². The number of halogens is 2. The maximum atomic E-state index is 15.7. The molecule has 0 aliphatic carbocycles. The fourth-order valence-corrected chi connectivity index (χ4v) is 6.48. The molecule has 0 aliphatic heterocycles. The lowest BCUT2D eigenvalue weighted by Crippen LogP contribution is -2.42. The summed E-state index contributed by atoms with van der Waals surface area (Å²) in [6, 6.07) is 19.2. The molecule has 0 fully saturated rings. The van der Waals surface area contributed by atoms with Crippen molar-refractivity contribution in [2.24, 2.45) is 0 Å². The Kier molecular flexibility index (Phi) is 10.4. The zero-order valence-corrected chi connectivity index (χ0v) is 30.6. The van der Waals surface area contributed by atoms with Gasteiger partial charge in [-0.3, -0.25) is 14.2 Å². The molecule has 0 aliphatic rings. The van der Waals surface area contributed by atoms with Crippen molar-refractivity contribution in [3.63, 3.8) is 0 Å². The van der Waals surface area contributed by atoms with Gasteiger partial charge < -0.3 is 14.0 Å². The predicted molar refractivity (Wildman–Crippen MR) is 198 cm³/mol. The Labute approximate surface area is 299 Å². The molecule has 3 aromatic heterocycles. The third kappa shape index (κ3) is 7.85. The second-order valence-electron chi connectivity index (χ2n) is 14.0. The van der Waals surface area contributed by atoms with E-state index in [-0.39, 0.29) is 41.6 Å². The monoisotopic (exact) mass is 723 g/mol. The molecule has 0 amide bonds. The van der Waals surface area contributed by atoms with E-state index in [9.17, 15) is 18.8 Å². The number of Topliss-reactive ketones (excluding diaryl/α,β-unsaturated/α-hetero) is 1. The molecule has 0 saturated heterocycles. The summed E-state index contributed by atoms with van der Waals surface area (Å²) in [4.78, 5) is 49.1. The van der Waals surface area contributed by atoms with Crippen LogP contribution in [0.1, 0.15) is 35.8 Å². The molecule has 10 nitrogen and oxygen atoms in total. The Morgan fingerprint density at radius 1 is 0.923 bits per heavy atom. The van der Waals surface area contributed by atoms with Crippen molar-refractivity contribution in [3.8, 4) is 28.4 Å². The number of nitrogens with zero attached hydrogens (tertiary/aromatic N) is 5. The Hall–Kier alpha value is -5.53. The van der Waals surface area contributed by atoms with Crippen LogP contribution in [0.5, 0.6) is 11.6 Å². The molecule has 13 heteroatoms. The summed E-state index contributed by atoms with van der Waals surface area (Å²) in [6.45, 7) is 11.2. The quantitative estimate of drug-likeness (QED) is 0.0680. The molecule has 52 heavy (non-hydrogen) atoms. The van der Waals surface area contributed by atoms with Gasteiger partial charge in [0, 0.05) is 45.1 Å². The first-order valence-electron chi connectivity index (χ1n) is 16.9. The lowest BCUT2D eigenvalue weighted by atomic mass is 10.0. The number of carbonyl (C=O) groups is 1. The highest BCUT2D eigenvalue weighted by molar-refractivity contribution is 6.76. The topological polar surface area (TPSA) is 110 Å². The van der Waals surface area contributed by atoms with E-state index < -0.39 is 42.8 Å². The lowest BCUT2D eigenvalue weighted by Gasteiger charge is -2.15. The number of rotatable bonds is 13. The van der Waals surface area contributed by atoms with E-state index in [0.29, 0.717) is 17.6 Å². The highest BCUT2D eigenvalue weighted by Crippen LogP contribution is 2.37. The van der Waals surface area contributed by atoms with E-state index in [4.69, 9.17) is 9.47 Å². The molecule has 3 aromatic carbocycles. The average molecular weight is 724 g/mol. The molecule has 0 radical (unpaired) electrons. The van der Waals surface area contributed by atoms with Gasteiger partial charge in [0.25, 0.3) is 5.56 Å². The first-order chi connectivity index (χ1) is 24.8. The molecular formula is C39H39F2N5O5Si. The average Bonchev–Trinajstić information content (AvgIpc) is 3.48. The van der Waals surface area contributed by atoms with Gasteiger partial charge in [-0.25, -0.2) is 28.1 Å². The van der Waals surface area contributed by atoms with Crippen LogP contribution in [0, 0.1) is 11.6 Å². The summed E-state index contributed by atoms with van der Waals surface area (Å²) < 4.78 is 45.4. The number of ketones is 1. The van der Waals surface area contributed by atoms with Gasteiger partial charge in [-0.1, -0.05) is 56.0 Å². The number of aromatic nitrogens is 5. The molecule has 0 bridgehead atoms. The number of carbonyl (C=O) groups excluding carboxylic acids is 1. The lowest BCUT2D eigenvalue weighted by molar-refractivity contribution is 0.0899. The number of ether oxygens (including phenoxy) is 2. The van der Waals surface area contributed by atoms with E-state index in [1.807, 2.05) is 41.1 Å². The van der Waals surface area contributed by atoms with Crippen molar-refractivity contribution < 1.29 is 23.0 Å². The summed E-state index contributed by atoms with van der Waals surface area (Å²) in [5, 5.41) is 0.582. The molecule has 6 rings (SSSR count). The van der Waals surface area contributed by atoms with Crippen LogP contribution in [0.4, 0.5) is 8.78 Å². The van der Waals surface area contributed by atoms with E-state index in [1.165, 1.54) is 41.4 Å². The van der Waals surface area contributed by atoms with E-state index in [0.717, 1.165) is 39.9 Å². The van der Waals surface area contributed by atoms with E-state index in [1.54, 1.807) is 13.8 Å². The molecule has 0 saturated carbocycles. The highest BCUT2D eigenvalue weighted by atomic mass is 28.3. The fraction of sp³-hybridized carbons (Fsp3) is 0.256. The minimum Gasteiger partial charge on any atom is -0.435 e. The van der Waals surface area contributed by atoms with Crippen LogP contribution in [0.15, 0.2) is 101 Å². The maximum absolute atomic E-state index is 15.7. The minimum absolute atomic E-state index is 0.118. The van der Waals surface area contributed by atoms with Gasteiger partial charge in [0.1, 0.15) is 30.1 Å². The van der Waals surface area contributed by atoms with Gasteiger partial charge in [-0.15, -0.1) is 0 Å². The van der Waals surface area contributed by atoms with Gasteiger partial charge in [0.15, 0.2) is 17.3 Å². The number of hydrogen-bond donors (Lipinski definition) is 0. The molecule has 0 atom stereocenters. The smallest absolute Gasteiger partial charge is 0.335 e. The second-order valence-corrected chi connectivity index (χ2v) is 19.6. The predicted octanol–water partition coefficient (Wildman–Crippen LogP) is 7.80. The van der Waals surface area contributed by atoms with Gasteiger partial charge in [-0.2, -0.15) is 0 Å². The Morgan fingerprint density at radius 2 is 1.65 bits per heavy atom. The third-order valence-electron chi connectivity index (χ3n) is 8.55. The summed E-state index contributed by atoms with van der Waals surface area (Å²) in [7, 11) is -1.28. The Bertz CT molecular complexity index is 2360. The summed E-state index contributed by atoms with van der Waals surface area (Å²) in [5.74, 6) is -1.89. The molecule has 0 unspecified atom stereocenters. The Balaban J connectivity index is 1.29. The van der Waals surface area contributed by atoms with Crippen molar-refractivity contribution in [1.29, 1.82) is 0 Å². The molecule has 268 valence electrons. The number of fused-ring (bicyclic) bond motifs is 1. The molecule has 0 N–H and O–H groups in total. The van der Waals surface area contributed by atoms with Gasteiger partial charge in [0.05, 0.1) is 11.1 Å². The summed E-state index contributed by atoms with van der Waals surface area (Å²) in [6.07, 6.45) is 4.17. The second kappa shape index (κ2) is 15.0. The van der Waals surface area contributed by atoms with Crippen LogP contribution < -0.4 is 16.0 Å². The van der Waals surface area contributed by atoms with Gasteiger partial charge in [0.2, 0.25) is 5.88 Å². The van der Waals surface area contributed by atoms with Crippen molar-refractivity contribution in [2.75, 3.05) is 6.61 Å². The van der Waals surface area contributed by atoms with Crippen LogP contribution in [-0.4, -0.2) is 44.1 Å². The fourth-order valence-electron chi connectivity index (χ4n) is 5.72. The first kappa shape index (κ1) is 36.3. The molecule has 3 heterocycles. The van der Waals surface area contributed by atoms with Crippen molar-refractivity contribution in [1.82, 2.24) is 23.7 Å². The zero-order chi connectivity index (χ0) is 37.2. The largest absolute Gasteiger partial charge is 0.435 e. The summed E-state index contributed by atoms with van der Waals surface area (Å²) >= 11 is 0. The maximum Gasteiger partial charge on any atom is 0.335 e. The minimum atomic E-state index is -1.28. The van der Waals surface area contributed by atoms with Crippen molar-refractivity contribution >= 4 is 24.9 Å². The van der Waals surface area contributed by atoms with Crippen LogP contribution in [-0.2, 0) is 17.9 Å². The summed E-state index contributed by atoms with van der Waals surface area (Å²) in [5.41, 5.74) is 0.861. The third-order valence-corrected chi connectivity index (χ3v) is 10.3. The highest BCUT2D eigenvalue weighted by Gasteiger charge is 2.22. The standard InChI is InChI=1S/C39H39F2N5O5Si/c1-25(2)45-22-31(38(48)46(39(45)49)29-14-12-28(40)13-15-29)33(47)20-26-11-16-34(32(41)19-26)51-37-35-30(27-9-7-6-8-10-27)21-44(36(35)42-23-43-37)24-50-17-18-52(3,4)5/h6-16,19,21-23,25H,17-18,20,24H2,1-5H3. The normalized spacial score (nSPS) is 11.8.